The second-order valence-corrected chi connectivity index (χ2v) is 9.14. The summed E-state index contributed by atoms with van der Waals surface area (Å²) < 4.78 is 62.1. The molecule has 0 radical (unpaired) electrons. The van der Waals surface area contributed by atoms with E-state index in [1.165, 1.54) is 12.1 Å². The number of methoxy groups -OCH3 is 2. The van der Waals surface area contributed by atoms with E-state index in [9.17, 15) is 22.8 Å². The summed E-state index contributed by atoms with van der Waals surface area (Å²) in [7, 11) is 2.74. The smallest absolute Gasteiger partial charge is 0.416 e. The van der Waals surface area contributed by atoms with Crippen molar-refractivity contribution in [3.63, 3.8) is 0 Å². The summed E-state index contributed by atoms with van der Waals surface area (Å²) in [5.41, 5.74) is 0.0821. The molecule has 3 aromatic carbocycles. The monoisotopic (exact) mass is 555 g/mol. The van der Waals surface area contributed by atoms with Gasteiger partial charge in [0.05, 0.1) is 19.8 Å². The summed E-state index contributed by atoms with van der Waals surface area (Å²) in [6.07, 6.45) is -4.61. The zero-order chi connectivity index (χ0) is 29.0. The van der Waals surface area contributed by atoms with Crippen LogP contribution < -0.4 is 20.4 Å². The first kappa shape index (κ1) is 28.7. The van der Waals surface area contributed by atoms with E-state index >= 15 is 0 Å². The molecule has 0 aliphatic rings. The highest BCUT2D eigenvalue weighted by atomic mass is 19.4. The van der Waals surface area contributed by atoms with Crippen molar-refractivity contribution in [3.8, 4) is 22.6 Å². The Kier molecular flexibility index (Phi) is 8.49. The molecule has 1 aromatic heterocycles. The largest absolute Gasteiger partial charge is 0.497 e. The van der Waals surface area contributed by atoms with Gasteiger partial charge >= 0.3 is 17.8 Å². The Bertz CT molecular complexity index is 1600. The third-order valence-electron chi connectivity index (χ3n) is 6.54. The minimum atomic E-state index is -4.61. The number of esters is 1. The Balaban J connectivity index is 1.57. The molecule has 40 heavy (non-hydrogen) atoms. The Hall–Kier alpha value is -4.31. The van der Waals surface area contributed by atoms with Gasteiger partial charge in [0.15, 0.2) is 0 Å². The van der Waals surface area contributed by atoms with Gasteiger partial charge in [-0.2, -0.15) is 13.2 Å². The average Bonchev–Trinajstić information content (AvgIpc) is 2.94. The van der Waals surface area contributed by atoms with Crippen molar-refractivity contribution in [2.45, 2.75) is 26.1 Å². The molecule has 4 aromatic rings. The van der Waals surface area contributed by atoms with Crippen molar-refractivity contribution in [1.82, 2.24) is 5.32 Å². The van der Waals surface area contributed by atoms with E-state index in [1.807, 2.05) is 31.2 Å². The van der Waals surface area contributed by atoms with Gasteiger partial charge in [-0.05, 0) is 72.5 Å². The van der Waals surface area contributed by atoms with Crippen LogP contribution in [-0.2, 0) is 10.9 Å². The predicted molar refractivity (Wildman–Crippen MR) is 144 cm³/mol. The second-order valence-electron chi connectivity index (χ2n) is 9.14. The van der Waals surface area contributed by atoms with Crippen LogP contribution in [0.5, 0.6) is 11.5 Å². The molecule has 1 atom stereocenters. The highest BCUT2D eigenvalue weighted by Crippen LogP contribution is 2.36. The molecule has 0 aliphatic carbocycles. The number of carbonyl (C=O) groups excluding carboxylic acids is 1. The van der Waals surface area contributed by atoms with Crippen molar-refractivity contribution >= 4 is 16.9 Å². The molecule has 0 spiro atoms. The number of nitrogens with one attached hydrogen (secondary N) is 1. The Morgan fingerprint density at radius 3 is 2.48 bits per heavy atom. The summed E-state index contributed by atoms with van der Waals surface area (Å²) in [5, 5.41) is 3.74. The lowest BCUT2D eigenvalue weighted by molar-refractivity contribution is -0.137. The Morgan fingerprint density at radius 2 is 1.77 bits per heavy atom. The highest BCUT2D eigenvalue weighted by molar-refractivity contribution is 5.96. The molecular weight excluding hydrogens is 527 g/mol. The highest BCUT2D eigenvalue weighted by Gasteiger charge is 2.31. The molecular formula is C30H28F3NO6. The lowest BCUT2D eigenvalue weighted by Gasteiger charge is -2.17. The van der Waals surface area contributed by atoms with Gasteiger partial charge in [-0.3, -0.25) is 0 Å². The van der Waals surface area contributed by atoms with Gasteiger partial charge < -0.3 is 23.9 Å². The minimum absolute atomic E-state index is 0.0359. The molecule has 0 fully saturated rings. The van der Waals surface area contributed by atoms with Crippen LogP contribution in [-0.4, -0.2) is 33.3 Å². The summed E-state index contributed by atoms with van der Waals surface area (Å²) >= 11 is 0. The third-order valence-corrected chi connectivity index (χ3v) is 6.54. The lowest BCUT2D eigenvalue weighted by atomic mass is 9.99. The van der Waals surface area contributed by atoms with Gasteiger partial charge in [-0.25, -0.2) is 9.59 Å². The van der Waals surface area contributed by atoms with E-state index in [0.29, 0.717) is 23.1 Å². The predicted octanol–water partition coefficient (Wildman–Crippen LogP) is 6.31. The zero-order valence-electron chi connectivity index (χ0n) is 22.3. The van der Waals surface area contributed by atoms with Gasteiger partial charge in [-0.15, -0.1) is 0 Å². The molecule has 1 unspecified atom stereocenters. The number of rotatable bonds is 9. The average molecular weight is 556 g/mol. The number of hydrogen-bond acceptors (Lipinski definition) is 7. The molecule has 7 nitrogen and oxygen atoms in total. The maximum Gasteiger partial charge on any atom is 0.416 e. The second kappa shape index (κ2) is 11.8. The SMILES string of the molecule is COC(=O)c1c(C)c2ccc(-c3cc(OCCNC(C)c4cccc(OC)c4)cc(C(F)(F)F)c3)cc2oc1=O. The van der Waals surface area contributed by atoms with Gasteiger partial charge in [0.25, 0.3) is 0 Å². The maximum atomic E-state index is 13.7. The molecule has 0 bridgehead atoms. The number of alkyl halides is 3. The van der Waals surface area contributed by atoms with Crippen molar-refractivity contribution in [3.05, 3.63) is 93.3 Å². The molecule has 4 rings (SSSR count). The van der Waals surface area contributed by atoms with Gasteiger partial charge in [-0.1, -0.05) is 24.3 Å². The molecule has 10 heteroatoms. The fourth-order valence-electron chi connectivity index (χ4n) is 4.36. The number of aryl methyl sites for hydroxylation is 1. The van der Waals surface area contributed by atoms with E-state index in [2.05, 4.69) is 10.1 Å². The normalized spacial score (nSPS) is 12.3. The van der Waals surface area contributed by atoms with Crippen molar-refractivity contribution < 1.29 is 36.6 Å². The van der Waals surface area contributed by atoms with Crippen LogP contribution >= 0.6 is 0 Å². The van der Waals surface area contributed by atoms with Crippen molar-refractivity contribution in [2.24, 2.45) is 0 Å². The molecule has 0 saturated heterocycles. The first-order valence-corrected chi connectivity index (χ1v) is 12.4. The van der Waals surface area contributed by atoms with E-state index in [1.54, 1.807) is 26.2 Å². The van der Waals surface area contributed by atoms with Crippen LogP contribution in [0, 0.1) is 6.92 Å². The fourth-order valence-corrected chi connectivity index (χ4v) is 4.36. The minimum Gasteiger partial charge on any atom is -0.497 e. The standard InChI is InChI=1S/C30H28F3NO6/c1-17-25-9-8-20(15-26(25)40-29(36)27(17)28(35)38-4)21-12-22(30(31,32)33)16-24(14-21)39-11-10-34-18(2)19-6-5-7-23(13-19)37-3/h5-9,12-16,18,34H,10-11H2,1-4H3. The van der Waals surface area contributed by atoms with Gasteiger partial charge in [0.1, 0.15) is 29.3 Å². The number of benzene rings is 3. The van der Waals surface area contributed by atoms with Crippen LogP contribution in [0.1, 0.15) is 40.0 Å². The van der Waals surface area contributed by atoms with Gasteiger partial charge in [0.2, 0.25) is 0 Å². The number of halogens is 3. The Morgan fingerprint density at radius 1 is 1.00 bits per heavy atom. The molecule has 1 N–H and O–H groups in total. The van der Waals surface area contributed by atoms with Crippen molar-refractivity contribution in [2.75, 3.05) is 27.4 Å². The number of ether oxygens (including phenoxy) is 3. The van der Waals surface area contributed by atoms with Crippen LogP contribution in [0.25, 0.3) is 22.1 Å². The Labute approximate surface area is 228 Å². The first-order valence-electron chi connectivity index (χ1n) is 12.4. The lowest BCUT2D eigenvalue weighted by Crippen LogP contribution is -2.24. The molecule has 0 amide bonds. The molecule has 0 saturated carbocycles. The van der Waals surface area contributed by atoms with Crippen molar-refractivity contribution in [1.29, 1.82) is 0 Å². The van der Waals surface area contributed by atoms with E-state index in [-0.39, 0.29) is 35.1 Å². The number of carbonyl (C=O) groups is 1. The molecule has 210 valence electrons. The maximum absolute atomic E-state index is 13.7. The zero-order valence-corrected chi connectivity index (χ0v) is 22.3. The molecule has 0 aliphatic heterocycles. The van der Waals surface area contributed by atoms with Crippen LogP contribution in [0.3, 0.4) is 0 Å². The van der Waals surface area contributed by atoms with Crippen LogP contribution in [0.4, 0.5) is 13.2 Å². The van der Waals surface area contributed by atoms with Gasteiger partial charge in [0, 0.05) is 18.0 Å². The summed E-state index contributed by atoms with van der Waals surface area (Å²) in [6, 6.07) is 15.6. The molecule has 1 heterocycles. The summed E-state index contributed by atoms with van der Waals surface area (Å²) in [6.45, 7) is 4.04. The third kappa shape index (κ3) is 6.28. The first-order chi connectivity index (χ1) is 19.0. The van der Waals surface area contributed by atoms with E-state index in [4.69, 9.17) is 13.9 Å². The van der Waals surface area contributed by atoms with Crippen LogP contribution in [0.15, 0.2) is 69.9 Å². The fraction of sp³-hybridized carbons (Fsp3) is 0.267. The summed E-state index contributed by atoms with van der Waals surface area (Å²) in [4.78, 5) is 24.4. The van der Waals surface area contributed by atoms with E-state index in [0.717, 1.165) is 30.6 Å². The van der Waals surface area contributed by atoms with E-state index < -0.39 is 23.3 Å². The quantitative estimate of drug-likeness (QED) is 0.147. The number of fused-ring (bicyclic) bond motifs is 1. The van der Waals surface area contributed by atoms with Crippen LogP contribution in [0.2, 0.25) is 0 Å². The number of hydrogen-bond donors (Lipinski definition) is 1. The topological polar surface area (TPSA) is 87.0 Å². The summed E-state index contributed by atoms with van der Waals surface area (Å²) in [5.74, 6) is -0.0605.